The summed E-state index contributed by atoms with van der Waals surface area (Å²) in [6.45, 7) is 3.30. The third kappa shape index (κ3) is 3.93. The second kappa shape index (κ2) is 7.23. The van der Waals surface area contributed by atoms with Crippen LogP contribution in [-0.4, -0.2) is 49.8 Å². The van der Waals surface area contributed by atoms with Crippen molar-refractivity contribution in [3.05, 3.63) is 29.8 Å². The third-order valence-corrected chi connectivity index (χ3v) is 3.35. The Balaban J connectivity index is 1.83. The lowest BCUT2D eigenvalue weighted by atomic mass is 10.2. The monoisotopic (exact) mass is 279 g/mol. The van der Waals surface area contributed by atoms with E-state index in [4.69, 9.17) is 20.9 Å². The number of nitrogens with zero attached hydrogens (tertiary/aromatic N) is 1. The van der Waals surface area contributed by atoms with Crippen molar-refractivity contribution < 1.29 is 14.3 Å². The van der Waals surface area contributed by atoms with E-state index in [9.17, 15) is 4.79 Å². The van der Waals surface area contributed by atoms with Crippen molar-refractivity contribution in [1.82, 2.24) is 4.90 Å². The normalized spacial score (nSPS) is 19.8. The van der Waals surface area contributed by atoms with Gasteiger partial charge in [-0.1, -0.05) is 12.1 Å². The Bertz CT molecular complexity index is 453. The van der Waals surface area contributed by atoms with Crippen LogP contribution in [0.5, 0.6) is 5.75 Å². The van der Waals surface area contributed by atoms with E-state index in [-0.39, 0.29) is 11.9 Å². The first-order valence-corrected chi connectivity index (χ1v) is 6.73. The average molecular weight is 279 g/mol. The number of benzene rings is 1. The van der Waals surface area contributed by atoms with E-state index in [0.29, 0.717) is 39.5 Å². The van der Waals surface area contributed by atoms with E-state index in [1.807, 2.05) is 29.2 Å². The molecule has 1 unspecified atom stereocenters. The lowest BCUT2D eigenvalue weighted by Crippen LogP contribution is -2.53. The van der Waals surface area contributed by atoms with E-state index in [0.717, 1.165) is 11.3 Å². The third-order valence-electron chi connectivity index (χ3n) is 3.35. The van der Waals surface area contributed by atoms with Crippen LogP contribution in [0.25, 0.3) is 0 Å². The maximum absolute atomic E-state index is 11.3. The highest BCUT2D eigenvalue weighted by Crippen LogP contribution is 2.13. The van der Waals surface area contributed by atoms with Gasteiger partial charge in [0.25, 0.3) is 0 Å². The molecule has 6 nitrogen and oxygen atoms in total. The zero-order valence-corrected chi connectivity index (χ0v) is 11.5. The number of hydrogen-bond donors (Lipinski definition) is 2. The quantitative estimate of drug-likeness (QED) is 0.747. The number of hydrogen-bond acceptors (Lipinski definition) is 5. The van der Waals surface area contributed by atoms with Gasteiger partial charge in [-0.2, -0.15) is 0 Å². The largest absolute Gasteiger partial charge is 0.492 e. The summed E-state index contributed by atoms with van der Waals surface area (Å²) >= 11 is 0. The topological polar surface area (TPSA) is 90.8 Å². The van der Waals surface area contributed by atoms with Crippen LogP contribution in [-0.2, 0) is 16.1 Å². The van der Waals surface area contributed by atoms with Gasteiger partial charge in [-0.05, 0) is 17.7 Å². The lowest BCUT2D eigenvalue weighted by Gasteiger charge is -2.33. The smallest absolute Gasteiger partial charge is 0.237 e. The summed E-state index contributed by atoms with van der Waals surface area (Å²) in [5, 5.41) is 0. The Labute approximate surface area is 118 Å². The number of carbonyl (C=O) groups is 1. The Hall–Kier alpha value is -1.63. The van der Waals surface area contributed by atoms with Gasteiger partial charge in [-0.3, -0.25) is 9.69 Å². The number of amides is 1. The molecule has 2 rings (SSSR count). The van der Waals surface area contributed by atoms with E-state index in [2.05, 4.69) is 0 Å². The predicted octanol–water partition coefficient (Wildman–Crippen LogP) is -0.290. The maximum atomic E-state index is 11.3. The Morgan fingerprint density at radius 1 is 1.50 bits per heavy atom. The molecule has 1 aromatic rings. The molecule has 4 N–H and O–H groups in total. The molecular formula is C14H21N3O3. The second-order valence-corrected chi connectivity index (χ2v) is 4.73. The van der Waals surface area contributed by atoms with Gasteiger partial charge < -0.3 is 20.9 Å². The molecule has 110 valence electrons. The molecule has 1 fully saturated rings. The molecule has 0 radical (unpaired) electrons. The van der Waals surface area contributed by atoms with Crippen molar-refractivity contribution in [2.45, 2.75) is 12.6 Å². The number of carbonyl (C=O) groups excluding carboxylic acids is 1. The first-order chi connectivity index (χ1) is 9.70. The van der Waals surface area contributed by atoms with Crippen molar-refractivity contribution in [1.29, 1.82) is 0 Å². The van der Waals surface area contributed by atoms with Crippen LogP contribution < -0.4 is 16.2 Å². The Morgan fingerprint density at radius 3 is 3.10 bits per heavy atom. The standard InChI is InChI=1S/C14H21N3O3/c15-9-11-2-1-3-12(8-11)20-7-5-17-4-6-19-10-13(17)14(16)18/h1-3,8,13H,4-7,9-10,15H2,(H2,16,18). The fraction of sp³-hybridized carbons (Fsp3) is 0.500. The molecule has 1 saturated heterocycles. The molecule has 1 amide bonds. The molecule has 0 saturated carbocycles. The van der Waals surface area contributed by atoms with Crippen molar-refractivity contribution in [2.75, 3.05) is 32.9 Å². The summed E-state index contributed by atoms with van der Waals surface area (Å²) < 4.78 is 11.0. The van der Waals surface area contributed by atoms with Crippen LogP contribution in [0.3, 0.4) is 0 Å². The Morgan fingerprint density at radius 2 is 2.35 bits per heavy atom. The highest BCUT2D eigenvalue weighted by Gasteiger charge is 2.27. The van der Waals surface area contributed by atoms with Crippen molar-refractivity contribution in [2.24, 2.45) is 11.5 Å². The molecule has 0 spiro atoms. The summed E-state index contributed by atoms with van der Waals surface area (Å²) in [5.41, 5.74) is 12.0. The molecule has 0 bridgehead atoms. The summed E-state index contributed by atoms with van der Waals surface area (Å²) in [6.07, 6.45) is 0. The molecule has 1 heterocycles. The molecule has 20 heavy (non-hydrogen) atoms. The van der Waals surface area contributed by atoms with Crippen molar-refractivity contribution in [3.8, 4) is 5.75 Å². The molecular weight excluding hydrogens is 258 g/mol. The van der Waals surface area contributed by atoms with E-state index >= 15 is 0 Å². The van der Waals surface area contributed by atoms with Gasteiger partial charge in [0, 0.05) is 19.6 Å². The fourth-order valence-corrected chi connectivity index (χ4v) is 2.21. The van der Waals surface area contributed by atoms with Crippen LogP contribution >= 0.6 is 0 Å². The Kier molecular flexibility index (Phi) is 5.34. The van der Waals surface area contributed by atoms with Gasteiger partial charge in [0.05, 0.1) is 13.2 Å². The summed E-state index contributed by atoms with van der Waals surface area (Å²) in [5.74, 6) is 0.437. The van der Waals surface area contributed by atoms with E-state index in [1.165, 1.54) is 0 Å². The van der Waals surface area contributed by atoms with Crippen LogP contribution in [0, 0.1) is 0 Å². The molecule has 0 aromatic heterocycles. The molecule has 1 aliphatic rings. The highest BCUT2D eigenvalue weighted by molar-refractivity contribution is 5.80. The van der Waals surface area contributed by atoms with Gasteiger partial charge in [0.1, 0.15) is 18.4 Å². The van der Waals surface area contributed by atoms with Crippen molar-refractivity contribution in [3.63, 3.8) is 0 Å². The van der Waals surface area contributed by atoms with Gasteiger partial charge >= 0.3 is 0 Å². The lowest BCUT2D eigenvalue weighted by molar-refractivity contribution is -0.129. The number of nitrogens with two attached hydrogens (primary N) is 2. The first kappa shape index (κ1) is 14.8. The second-order valence-electron chi connectivity index (χ2n) is 4.73. The van der Waals surface area contributed by atoms with E-state index < -0.39 is 0 Å². The molecule has 1 aromatic carbocycles. The zero-order chi connectivity index (χ0) is 14.4. The van der Waals surface area contributed by atoms with Gasteiger partial charge in [0.2, 0.25) is 5.91 Å². The number of primary amides is 1. The van der Waals surface area contributed by atoms with Crippen LogP contribution in [0.4, 0.5) is 0 Å². The van der Waals surface area contributed by atoms with Crippen LogP contribution in [0.1, 0.15) is 5.56 Å². The minimum Gasteiger partial charge on any atom is -0.492 e. The van der Waals surface area contributed by atoms with Crippen LogP contribution in [0.15, 0.2) is 24.3 Å². The molecule has 1 atom stereocenters. The SMILES string of the molecule is NCc1cccc(OCCN2CCOCC2C(N)=O)c1. The zero-order valence-electron chi connectivity index (χ0n) is 11.5. The summed E-state index contributed by atoms with van der Waals surface area (Å²) in [4.78, 5) is 13.3. The highest BCUT2D eigenvalue weighted by atomic mass is 16.5. The first-order valence-electron chi connectivity index (χ1n) is 6.73. The average Bonchev–Trinajstić information content (AvgIpc) is 2.48. The van der Waals surface area contributed by atoms with Gasteiger partial charge in [-0.15, -0.1) is 0 Å². The molecule has 1 aliphatic heterocycles. The summed E-state index contributed by atoms with van der Waals surface area (Å²) in [6, 6.07) is 7.33. The minimum absolute atomic E-state index is 0.352. The summed E-state index contributed by atoms with van der Waals surface area (Å²) in [7, 11) is 0. The van der Waals surface area contributed by atoms with Gasteiger partial charge in [0.15, 0.2) is 0 Å². The predicted molar refractivity (Wildman–Crippen MR) is 75.2 cm³/mol. The molecule has 6 heteroatoms. The van der Waals surface area contributed by atoms with Gasteiger partial charge in [-0.25, -0.2) is 0 Å². The fourth-order valence-electron chi connectivity index (χ4n) is 2.21. The van der Waals surface area contributed by atoms with E-state index in [1.54, 1.807) is 0 Å². The van der Waals surface area contributed by atoms with Crippen molar-refractivity contribution >= 4 is 5.91 Å². The maximum Gasteiger partial charge on any atom is 0.237 e. The molecule has 0 aliphatic carbocycles. The minimum atomic E-state index is -0.359. The van der Waals surface area contributed by atoms with Crippen LogP contribution in [0.2, 0.25) is 0 Å². The number of morpholine rings is 1. The number of rotatable bonds is 6. The number of ether oxygens (including phenoxy) is 2.